The van der Waals surface area contributed by atoms with Crippen molar-refractivity contribution in [1.29, 1.82) is 0 Å². The van der Waals surface area contributed by atoms with Gasteiger partial charge in [-0.3, -0.25) is 4.79 Å². The zero-order valence-corrected chi connectivity index (χ0v) is 9.55. The summed E-state index contributed by atoms with van der Waals surface area (Å²) in [4.78, 5) is 11.7. The molecule has 2 rings (SSSR count). The first-order chi connectivity index (χ1) is 7.43. The first-order valence-electron chi connectivity index (χ1n) is 5.48. The molecule has 0 bridgehead atoms. The van der Waals surface area contributed by atoms with E-state index < -0.39 is 11.6 Å². The Morgan fingerprint density at radius 1 is 1.31 bits per heavy atom. The maximum absolute atomic E-state index is 11.7. The standard InChI is InChI=1S/C13H17NO2/c1-13(2,14)12(16)10-9(11(10)15)8-6-4-3-5-7-8/h3-7,9-10,12,16H,14H2,1-2H3. The molecule has 0 amide bonds. The summed E-state index contributed by atoms with van der Waals surface area (Å²) in [6, 6.07) is 9.54. The van der Waals surface area contributed by atoms with Crippen LogP contribution in [0.1, 0.15) is 25.3 Å². The molecule has 16 heavy (non-hydrogen) atoms. The molecular weight excluding hydrogens is 202 g/mol. The highest BCUT2D eigenvalue weighted by molar-refractivity contribution is 6.05. The van der Waals surface area contributed by atoms with Gasteiger partial charge >= 0.3 is 0 Å². The SMILES string of the molecule is CC(C)(N)C(O)C1C(=O)C1c1ccccc1. The molecule has 0 aromatic heterocycles. The van der Waals surface area contributed by atoms with Crippen molar-refractivity contribution in [3.63, 3.8) is 0 Å². The second-order valence-corrected chi connectivity index (χ2v) is 5.08. The molecule has 3 nitrogen and oxygen atoms in total. The molecular formula is C13H17NO2. The van der Waals surface area contributed by atoms with Crippen molar-refractivity contribution in [3.05, 3.63) is 35.9 Å². The number of hydrogen-bond donors (Lipinski definition) is 2. The van der Waals surface area contributed by atoms with E-state index in [4.69, 9.17) is 5.73 Å². The molecule has 0 spiro atoms. The van der Waals surface area contributed by atoms with Crippen molar-refractivity contribution in [2.75, 3.05) is 0 Å². The molecule has 0 radical (unpaired) electrons. The molecule has 86 valence electrons. The monoisotopic (exact) mass is 219 g/mol. The normalized spacial score (nSPS) is 26.6. The number of rotatable bonds is 3. The molecule has 3 atom stereocenters. The zero-order chi connectivity index (χ0) is 11.9. The van der Waals surface area contributed by atoms with Crippen molar-refractivity contribution in [1.82, 2.24) is 0 Å². The number of nitrogens with two attached hydrogens (primary N) is 1. The van der Waals surface area contributed by atoms with E-state index in [1.54, 1.807) is 13.8 Å². The van der Waals surface area contributed by atoms with Gasteiger partial charge in [0.2, 0.25) is 0 Å². The van der Waals surface area contributed by atoms with E-state index in [-0.39, 0.29) is 17.6 Å². The highest BCUT2D eigenvalue weighted by Crippen LogP contribution is 2.47. The van der Waals surface area contributed by atoms with Crippen LogP contribution in [0.4, 0.5) is 0 Å². The van der Waals surface area contributed by atoms with Gasteiger partial charge in [0.05, 0.1) is 17.9 Å². The fraction of sp³-hybridized carbons (Fsp3) is 0.462. The number of hydrogen-bond acceptors (Lipinski definition) is 3. The van der Waals surface area contributed by atoms with E-state index in [2.05, 4.69) is 0 Å². The Hall–Kier alpha value is -1.19. The van der Waals surface area contributed by atoms with Crippen molar-refractivity contribution in [2.24, 2.45) is 11.7 Å². The average molecular weight is 219 g/mol. The van der Waals surface area contributed by atoms with Gasteiger partial charge in [0, 0.05) is 5.54 Å². The van der Waals surface area contributed by atoms with Crippen LogP contribution in [0.2, 0.25) is 0 Å². The summed E-state index contributed by atoms with van der Waals surface area (Å²) in [5.41, 5.74) is 6.06. The Morgan fingerprint density at radius 2 is 1.88 bits per heavy atom. The molecule has 1 aliphatic carbocycles. The van der Waals surface area contributed by atoms with Gasteiger partial charge in [-0.05, 0) is 19.4 Å². The van der Waals surface area contributed by atoms with E-state index >= 15 is 0 Å². The largest absolute Gasteiger partial charge is 0.390 e. The average Bonchev–Trinajstić information content (AvgIpc) is 2.88. The van der Waals surface area contributed by atoms with Gasteiger partial charge in [0.1, 0.15) is 5.78 Å². The Morgan fingerprint density at radius 3 is 2.38 bits per heavy atom. The predicted octanol–water partition coefficient (Wildman–Crippen LogP) is 1.07. The van der Waals surface area contributed by atoms with Gasteiger partial charge in [-0.2, -0.15) is 0 Å². The lowest BCUT2D eigenvalue weighted by molar-refractivity contribution is -0.113. The number of carbonyl (C=O) groups is 1. The third-order valence-electron chi connectivity index (χ3n) is 3.15. The second kappa shape index (κ2) is 3.68. The molecule has 1 aliphatic rings. The Kier molecular flexibility index (Phi) is 2.60. The first kappa shape index (κ1) is 11.3. The summed E-state index contributed by atoms with van der Waals surface area (Å²) in [6.45, 7) is 3.48. The number of carbonyl (C=O) groups excluding carboxylic acids is 1. The summed E-state index contributed by atoms with van der Waals surface area (Å²) in [6.07, 6.45) is -0.773. The maximum Gasteiger partial charge on any atom is 0.147 e. The van der Waals surface area contributed by atoms with E-state index in [0.717, 1.165) is 5.56 Å². The Bertz CT molecular complexity index is 394. The lowest BCUT2D eigenvalue weighted by atomic mass is 9.93. The smallest absolute Gasteiger partial charge is 0.147 e. The van der Waals surface area contributed by atoms with Crippen LogP contribution in [0.25, 0.3) is 0 Å². The quantitative estimate of drug-likeness (QED) is 0.799. The van der Waals surface area contributed by atoms with Gasteiger partial charge in [-0.25, -0.2) is 0 Å². The molecule has 0 heterocycles. The van der Waals surface area contributed by atoms with E-state index in [1.807, 2.05) is 30.3 Å². The molecule has 3 heteroatoms. The van der Waals surface area contributed by atoms with Crippen LogP contribution in [-0.2, 0) is 4.79 Å². The van der Waals surface area contributed by atoms with Gasteiger partial charge in [0.25, 0.3) is 0 Å². The second-order valence-electron chi connectivity index (χ2n) is 5.08. The van der Waals surface area contributed by atoms with Crippen molar-refractivity contribution < 1.29 is 9.90 Å². The van der Waals surface area contributed by atoms with E-state index in [9.17, 15) is 9.90 Å². The number of aliphatic hydroxyl groups excluding tert-OH is 1. The van der Waals surface area contributed by atoms with Gasteiger partial charge in [0.15, 0.2) is 0 Å². The molecule has 0 saturated heterocycles. The number of ketones is 1. The van der Waals surface area contributed by atoms with Crippen LogP contribution in [0.15, 0.2) is 30.3 Å². The predicted molar refractivity (Wildman–Crippen MR) is 62.0 cm³/mol. The first-order valence-corrected chi connectivity index (χ1v) is 5.48. The fourth-order valence-corrected chi connectivity index (χ4v) is 2.09. The van der Waals surface area contributed by atoms with Crippen molar-refractivity contribution in [3.8, 4) is 0 Å². The van der Waals surface area contributed by atoms with Gasteiger partial charge in [-0.1, -0.05) is 30.3 Å². The van der Waals surface area contributed by atoms with Crippen molar-refractivity contribution in [2.45, 2.75) is 31.4 Å². The van der Waals surface area contributed by atoms with Crippen LogP contribution in [0, 0.1) is 5.92 Å². The number of benzene rings is 1. The number of Topliss-reactive ketones (excluding diaryl/α,β-unsaturated/α-hetero) is 1. The molecule has 1 aromatic carbocycles. The highest BCUT2D eigenvalue weighted by atomic mass is 16.3. The summed E-state index contributed by atoms with van der Waals surface area (Å²) < 4.78 is 0. The van der Waals surface area contributed by atoms with Crippen LogP contribution in [0.5, 0.6) is 0 Å². The molecule has 1 saturated carbocycles. The third-order valence-corrected chi connectivity index (χ3v) is 3.15. The fourth-order valence-electron chi connectivity index (χ4n) is 2.09. The van der Waals surface area contributed by atoms with Gasteiger partial charge < -0.3 is 10.8 Å². The molecule has 0 aliphatic heterocycles. The molecule has 1 aromatic rings. The molecule has 1 fully saturated rings. The summed E-state index contributed by atoms with van der Waals surface area (Å²) >= 11 is 0. The van der Waals surface area contributed by atoms with E-state index in [1.165, 1.54) is 0 Å². The van der Waals surface area contributed by atoms with Crippen LogP contribution >= 0.6 is 0 Å². The zero-order valence-electron chi connectivity index (χ0n) is 9.55. The highest BCUT2D eigenvalue weighted by Gasteiger charge is 2.56. The minimum atomic E-state index is -0.773. The van der Waals surface area contributed by atoms with Crippen molar-refractivity contribution >= 4 is 5.78 Å². The van der Waals surface area contributed by atoms with Crippen LogP contribution in [-0.4, -0.2) is 22.5 Å². The Labute approximate surface area is 95.3 Å². The lowest BCUT2D eigenvalue weighted by Gasteiger charge is -2.25. The number of aliphatic hydroxyl groups is 1. The topological polar surface area (TPSA) is 63.3 Å². The van der Waals surface area contributed by atoms with E-state index in [0.29, 0.717) is 0 Å². The molecule has 3 unspecified atom stereocenters. The third kappa shape index (κ3) is 1.88. The lowest BCUT2D eigenvalue weighted by Crippen LogP contribution is -2.46. The summed E-state index contributed by atoms with van der Waals surface area (Å²) in [7, 11) is 0. The van der Waals surface area contributed by atoms with Gasteiger partial charge in [-0.15, -0.1) is 0 Å². The van der Waals surface area contributed by atoms with Crippen LogP contribution < -0.4 is 5.73 Å². The minimum absolute atomic E-state index is 0.0947. The maximum atomic E-state index is 11.7. The van der Waals surface area contributed by atoms with Crippen LogP contribution in [0.3, 0.4) is 0 Å². The minimum Gasteiger partial charge on any atom is -0.390 e. The molecule has 3 N–H and O–H groups in total. The summed E-state index contributed by atoms with van der Waals surface area (Å²) in [5.74, 6) is -0.404. The summed E-state index contributed by atoms with van der Waals surface area (Å²) in [5, 5.41) is 9.98. The Balaban J connectivity index is 2.16.